The molecule has 2 unspecified atom stereocenters. The summed E-state index contributed by atoms with van der Waals surface area (Å²) in [6, 6.07) is 0. The van der Waals surface area contributed by atoms with Crippen molar-refractivity contribution in [3.63, 3.8) is 0 Å². The van der Waals surface area contributed by atoms with Crippen LogP contribution >= 0.6 is 19.5 Å². The quantitative estimate of drug-likeness (QED) is 0.281. The number of amides is 1. The minimum atomic E-state index is -3.81. The highest BCUT2D eigenvalue weighted by atomic mass is 32.2. The molecule has 0 radical (unpaired) electrons. The molecule has 31 heavy (non-hydrogen) atoms. The standard InChI is InChI=1S/C18H25FN3O7PS/c1-6-18(19)16(25)14(29-17(18)22-8-7-15(24)20-12(22)2)11-28-30(26,21(4)5)27-9-10-31-13(3)23/h1,7-8,14,16-17,25H,2,9-11H2,3-5H3,(H,20,24)/t14-,16?,17-,18+,30?/m1/s1. The van der Waals surface area contributed by atoms with Crippen LogP contribution in [0.2, 0.25) is 0 Å². The summed E-state index contributed by atoms with van der Waals surface area (Å²) in [7, 11) is -0.895. The number of nitrogens with one attached hydrogen (secondary N) is 1. The van der Waals surface area contributed by atoms with Crippen LogP contribution in [0.25, 0.3) is 0 Å². The molecule has 172 valence electrons. The van der Waals surface area contributed by atoms with E-state index in [0.29, 0.717) is 0 Å². The van der Waals surface area contributed by atoms with Crippen molar-refractivity contribution in [1.29, 1.82) is 0 Å². The maximum atomic E-state index is 15.5. The Morgan fingerprint density at radius 2 is 2.26 bits per heavy atom. The molecule has 0 saturated carbocycles. The first-order valence-corrected chi connectivity index (χ1v) is 11.6. The third-order valence-corrected chi connectivity index (χ3v) is 7.16. The normalized spacial score (nSPS) is 30.2. The lowest BCUT2D eigenvalue weighted by molar-refractivity contribution is -0.118. The number of halogens is 1. The molecule has 13 heteroatoms. The van der Waals surface area contributed by atoms with E-state index >= 15 is 4.39 Å². The van der Waals surface area contributed by atoms with E-state index in [1.807, 2.05) is 5.92 Å². The predicted octanol–water partition coefficient (Wildman–Crippen LogP) is 0.813. The lowest BCUT2D eigenvalue weighted by atomic mass is 9.96. The molecular weight excluding hydrogens is 452 g/mol. The zero-order chi connectivity index (χ0) is 23.4. The minimum absolute atomic E-state index is 0.00816. The summed E-state index contributed by atoms with van der Waals surface area (Å²) in [5.41, 5.74) is -2.68. The smallest absolute Gasteiger partial charge is 0.386 e. The number of carbonyl (C=O) groups excluding carboxylic acids is 2. The monoisotopic (exact) mass is 477 g/mol. The van der Waals surface area contributed by atoms with Crippen LogP contribution in [0.4, 0.5) is 4.39 Å². The van der Waals surface area contributed by atoms with E-state index in [0.717, 1.165) is 22.7 Å². The van der Waals surface area contributed by atoms with Crippen LogP contribution in [0.15, 0.2) is 24.7 Å². The molecule has 0 spiro atoms. The van der Waals surface area contributed by atoms with Gasteiger partial charge in [-0.25, -0.2) is 13.6 Å². The SMILES string of the molecule is C#C[C@]1(F)C(O)[C@@H](COP(=O)(OCCSC(C)=O)N(C)C)O[C@H]1N1C=CC(=O)NC1=C. The van der Waals surface area contributed by atoms with Crippen LogP contribution in [-0.4, -0.2) is 82.9 Å². The second-order valence-corrected chi connectivity index (χ2v) is 10.4. The van der Waals surface area contributed by atoms with Gasteiger partial charge in [-0.15, -0.1) is 6.42 Å². The van der Waals surface area contributed by atoms with E-state index in [1.54, 1.807) is 0 Å². The molecule has 5 atom stereocenters. The zero-order valence-corrected chi connectivity index (χ0v) is 19.0. The van der Waals surface area contributed by atoms with Gasteiger partial charge in [0, 0.05) is 25.0 Å². The first kappa shape index (κ1) is 25.5. The summed E-state index contributed by atoms with van der Waals surface area (Å²) in [5.74, 6) is 1.71. The summed E-state index contributed by atoms with van der Waals surface area (Å²) in [5, 5.41) is 12.8. The Morgan fingerprint density at radius 1 is 1.58 bits per heavy atom. The van der Waals surface area contributed by atoms with Crippen molar-refractivity contribution in [2.45, 2.75) is 31.0 Å². The zero-order valence-electron chi connectivity index (χ0n) is 17.3. The number of nitrogens with zero attached hydrogens (tertiary/aromatic N) is 2. The van der Waals surface area contributed by atoms with Crippen LogP contribution in [0.5, 0.6) is 0 Å². The highest BCUT2D eigenvalue weighted by Crippen LogP contribution is 2.51. The molecule has 0 bridgehead atoms. The van der Waals surface area contributed by atoms with E-state index < -0.39 is 44.4 Å². The van der Waals surface area contributed by atoms with Crippen molar-refractivity contribution in [2.75, 3.05) is 33.1 Å². The number of aliphatic hydroxyl groups excluding tert-OH is 1. The lowest BCUT2D eigenvalue weighted by Gasteiger charge is -2.35. The van der Waals surface area contributed by atoms with Crippen molar-refractivity contribution < 1.29 is 37.4 Å². The van der Waals surface area contributed by atoms with Gasteiger partial charge in [0.15, 0.2) is 11.3 Å². The molecule has 2 N–H and O–H groups in total. The number of terminal acetylenes is 1. The maximum Gasteiger partial charge on any atom is 0.407 e. The van der Waals surface area contributed by atoms with Gasteiger partial charge in [-0.1, -0.05) is 24.3 Å². The van der Waals surface area contributed by atoms with E-state index in [4.69, 9.17) is 20.2 Å². The molecule has 0 aromatic rings. The second kappa shape index (κ2) is 10.3. The Balaban J connectivity index is 2.10. The van der Waals surface area contributed by atoms with Gasteiger partial charge in [0.1, 0.15) is 18.0 Å². The summed E-state index contributed by atoms with van der Waals surface area (Å²) >= 11 is 1.00. The maximum absolute atomic E-state index is 15.5. The molecule has 2 heterocycles. The second-order valence-electron chi connectivity index (χ2n) is 6.83. The number of alkyl halides is 1. The molecule has 0 aromatic heterocycles. The molecule has 10 nitrogen and oxygen atoms in total. The van der Waals surface area contributed by atoms with Gasteiger partial charge in [-0.2, -0.15) is 0 Å². The topological polar surface area (TPSA) is 118 Å². The number of ether oxygens (including phenoxy) is 1. The average molecular weight is 477 g/mol. The minimum Gasteiger partial charge on any atom is -0.386 e. The Bertz CT molecular complexity index is 849. The first-order valence-electron chi connectivity index (χ1n) is 9.11. The molecule has 2 aliphatic rings. The van der Waals surface area contributed by atoms with Gasteiger partial charge in [0.25, 0.3) is 5.91 Å². The van der Waals surface area contributed by atoms with Crippen molar-refractivity contribution in [1.82, 2.24) is 14.9 Å². The molecule has 1 saturated heterocycles. The summed E-state index contributed by atoms with van der Waals surface area (Å²) in [4.78, 5) is 23.6. The van der Waals surface area contributed by atoms with Gasteiger partial charge in [0.2, 0.25) is 5.67 Å². The van der Waals surface area contributed by atoms with Crippen molar-refractivity contribution in [3.05, 3.63) is 24.7 Å². The Hall–Kier alpha value is -1.71. The van der Waals surface area contributed by atoms with Crippen LogP contribution < -0.4 is 5.32 Å². The number of hydrogen-bond acceptors (Lipinski definition) is 9. The Kier molecular flexibility index (Phi) is 8.47. The number of carbonyl (C=O) groups is 2. The van der Waals surface area contributed by atoms with Gasteiger partial charge >= 0.3 is 7.75 Å². The van der Waals surface area contributed by atoms with Crippen LogP contribution in [-0.2, 0) is 27.9 Å². The van der Waals surface area contributed by atoms with E-state index in [1.165, 1.54) is 31.9 Å². The number of hydrogen-bond donors (Lipinski definition) is 2. The molecule has 1 fully saturated rings. The average Bonchev–Trinajstić information content (AvgIpc) is 2.95. The summed E-state index contributed by atoms with van der Waals surface area (Å²) in [6.07, 6.45) is 3.05. The molecule has 0 aliphatic carbocycles. The number of aliphatic hydroxyl groups is 1. The van der Waals surface area contributed by atoms with Crippen molar-refractivity contribution in [3.8, 4) is 12.3 Å². The molecule has 2 rings (SSSR count). The van der Waals surface area contributed by atoms with Crippen LogP contribution in [0, 0.1) is 12.3 Å². The van der Waals surface area contributed by atoms with Gasteiger partial charge in [0.05, 0.1) is 13.2 Å². The van der Waals surface area contributed by atoms with E-state index in [9.17, 15) is 19.3 Å². The fraction of sp³-hybridized carbons (Fsp3) is 0.556. The highest BCUT2D eigenvalue weighted by molar-refractivity contribution is 8.13. The Labute approximate surface area is 184 Å². The summed E-state index contributed by atoms with van der Waals surface area (Å²) in [6.45, 7) is 4.48. The molecule has 2 aliphatic heterocycles. The predicted molar refractivity (Wildman–Crippen MR) is 112 cm³/mol. The van der Waals surface area contributed by atoms with Crippen LogP contribution in [0.1, 0.15) is 6.92 Å². The van der Waals surface area contributed by atoms with E-state index in [-0.39, 0.29) is 23.3 Å². The highest BCUT2D eigenvalue weighted by Gasteiger charge is 2.59. The van der Waals surface area contributed by atoms with Gasteiger partial charge in [-0.05, 0) is 14.1 Å². The van der Waals surface area contributed by atoms with Gasteiger partial charge in [-0.3, -0.25) is 18.6 Å². The van der Waals surface area contributed by atoms with Crippen molar-refractivity contribution >= 4 is 30.5 Å². The fourth-order valence-electron chi connectivity index (χ4n) is 2.79. The molecular formula is C18H25FN3O7PS. The van der Waals surface area contributed by atoms with Gasteiger partial charge < -0.3 is 20.1 Å². The number of rotatable bonds is 9. The lowest BCUT2D eigenvalue weighted by Crippen LogP contribution is -2.52. The third kappa shape index (κ3) is 5.75. The van der Waals surface area contributed by atoms with Crippen molar-refractivity contribution in [2.24, 2.45) is 0 Å². The molecule has 1 amide bonds. The number of thioether (sulfide) groups is 1. The Morgan fingerprint density at radius 3 is 2.81 bits per heavy atom. The largest absolute Gasteiger partial charge is 0.407 e. The third-order valence-electron chi connectivity index (χ3n) is 4.42. The van der Waals surface area contributed by atoms with Crippen LogP contribution in [0.3, 0.4) is 0 Å². The van der Waals surface area contributed by atoms with E-state index in [2.05, 4.69) is 11.9 Å². The first-order chi connectivity index (χ1) is 14.4. The fourth-order valence-corrected chi connectivity index (χ4v) is 4.56. The summed E-state index contributed by atoms with van der Waals surface area (Å²) < 4.78 is 45.9. The molecule has 0 aromatic carbocycles.